The molecule has 4 rings (SSSR count). The molecule has 9 nitrogen and oxygen atoms in total. The maximum absolute atomic E-state index is 15.2. The average Bonchev–Trinajstić information content (AvgIpc) is 3.67. The highest BCUT2D eigenvalue weighted by Crippen LogP contribution is 2.40. The molecule has 3 aromatic rings. The molecule has 12 heteroatoms. The highest BCUT2D eigenvalue weighted by molar-refractivity contribution is 7.92. The fraction of sp³-hybridized carbons (Fsp3) is 0.292. The molecule has 1 atom stereocenters. The van der Waals surface area contributed by atoms with Crippen molar-refractivity contribution in [2.45, 2.75) is 38.0 Å². The van der Waals surface area contributed by atoms with Gasteiger partial charge in [-0.15, -0.1) is 0 Å². The van der Waals surface area contributed by atoms with E-state index in [1.165, 1.54) is 31.6 Å². The van der Waals surface area contributed by atoms with E-state index in [-0.39, 0.29) is 39.9 Å². The van der Waals surface area contributed by atoms with E-state index in [0.29, 0.717) is 18.4 Å². The van der Waals surface area contributed by atoms with Gasteiger partial charge in [0.25, 0.3) is 5.91 Å². The Morgan fingerprint density at radius 3 is 2.61 bits per heavy atom. The monoisotopic (exact) mass is 534 g/mol. The minimum Gasteiger partial charge on any atom is -0.481 e. The third-order valence-corrected chi connectivity index (χ3v) is 7.33. The van der Waals surface area contributed by atoms with E-state index in [1.54, 1.807) is 12.1 Å². The molecule has 1 fully saturated rings. The maximum Gasteiger partial charge on any atom is 0.266 e. The SMILES string of the molecule is COc1ncccc1-c1cc(C(=O)N[S@](=N)(=O)C2CC2)c(F)cc1Oc1cnc(OC(C)C)c(Cl)c1. The maximum atomic E-state index is 15.2. The van der Waals surface area contributed by atoms with Gasteiger partial charge in [-0.1, -0.05) is 11.6 Å². The third kappa shape index (κ3) is 5.68. The van der Waals surface area contributed by atoms with Crippen LogP contribution in [0.25, 0.3) is 11.1 Å². The molecular weight excluding hydrogens is 511 g/mol. The molecule has 0 bridgehead atoms. The molecule has 0 aliphatic heterocycles. The van der Waals surface area contributed by atoms with E-state index in [1.807, 2.05) is 13.8 Å². The summed E-state index contributed by atoms with van der Waals surface area (Å²) in [5.74, 6) is -1.24. The number of pyridine rings is 2. The number of carbonyl (C=O) groups is 1. The molecule has 2 N–H and O–H groups in total. The van der Waals surface area contributed by atoms with Crippen molar-refractivity contribution in [3.8, 4) is 34.4 Å². The smallest absolute Gasteiger partial charge is 0.266 e. The fourth-order valence-electron chi connectivity index (χ4n) is 3.36. The molecule has 1 saturated carbocycles. The zero-order valence-corrected chi connectivity index (χ0v) is 21.3. The van der Waals surface area contributed by atoms with E-state index in [0.717, 1.165) is 6.07 Å². The van der Waals surface area contributed by atoms with Crippen LogP contribution in [0.5, 0.6) is 23.3 Å². The summed E-state index contributed by atoms with van der Waals surface area (Å²) in [4.78, 5) is 21.1. The number of benzene rings is 1. The molecular formula is C24H24ClFN4O5S. The van der Waals surface area contributed by atoms with Crippen LogP contribution in [0.4, 0.5) is 4.39 Å². The first-order valence-corrected chi connectivity index (χ1v) is 13.0. The summed E-state index contributed by atoms with van der Waals surface area (Å²) in [6.45, 7) is 3.67. The highest BCUT2D eigenvalue weighted by Gasteiger charge is 2.34. The van der Waals surface area contributed by atoms with Gasteiger partial charge in [0.1, 0.15) is 32.3 Å². The van der Waals surface area contributed by atoms with Crippen molar-refractivity contribution >= 4 is 27.4 Å². The third-order valence-electron chi connectivity index (χ3n) is 5.16. The summed E-state index contributed by atoms with van der Waals surface area (Å²) < 4.78 is 54.5. The lowest BCUT2D eigenvalue weighted by atomic mass is 10.0. The van der Waals surface area contributed by atoms with Gasteiger partial charge in [0, 0.05) is 29.5 Å². The van der Waals surface area contributed by atoms with Crippen molar-refractivity contribution in [3.63, 3.8) is 0 Å². The Hall–Kier alpha value is -3.44. The Morgan fingerprint density at radius 2 is 1.97 bits per heavy atom. The van der Waals surface area contributed by atoms with Crippen LogP contribution in [-0.2, 0) is 9.92 Å². The van der Waals surface area contributed by atoms with Crippen molar-refractivity contribution in [2.24, 2.45) is 0 Å². The molecule has 1 amide bonds. The summed E-state index contributed by atoms with van der Waals surface area (Å²) in [7, 11) is -1.96. The van der Waals surface area contributed by atoms with Gasteiger partial charge in [-0.05, 0) is 44.9 Å². The molecule has 0 unspecified atom stereocenters. The quantitative estimate of drug-likeness (QED) is 0.378. The van der Waals surface area contributed by atoms with Crippen molar-refractivity contribution in [2.75, 3.05) is 7.11 Å². The summed E-state index contributed by atoms with van der Waals surface area (Å²) in [6, 6.07) is 7.04. The standard InChI is InChI=1S/C24H24ClFN4O5S/c1-13(2)34-24-19(25)9-14(12-29-24)35-21-11-20(26)18(22(31)30-36(27,32)15-6-7-15)10-17(21)16-5-4-8-28-23(16)33-3/h4-5,8-13,15H,6-7H2,1-3H3,(H2,27,30,31,32)/t36-/m0/s1. The Kier molecular flexibility index (Phi) is 7.32. The second-order valence-electron chi connectivity index (χ2n) is 8.35. The highest BCUT2D eigenvalue weighted by atomic mass is 35.5. The lowest BCUT2D eigenvalue weighted by molar-refractivity contribution is 0.0978. The Balaban J connectivity index is 1.76. The van der Waals surface area contributed by atoms with Crippen LogP contribution in [-0.4, -0.2) is 38.5 Å². The molecule has 190 valence electrons. The topological polar surface area (TPSA) is 123 Å². The molecule has 2 aromatic heterocycles. The van der Waals surface area contributed by atoms with E-state index < -0.39 is 32.5 Å². The van der Waals surface area contributed by atoms with Crippen LogP contribution in [0.1, 0.15) is 37.0 Å². The lowest BCUT2D eigenvalue weighted by Crippen LogP contribution is -2.32. The Bertz CT molecular complexity index is 1410. The molecule has 1 aliphatic rings. The van der Waals surface area contributed by atoms with Gasteiger partial charge in [0.05, 0.1) is 30.2 Å². The van der Waals surface area contributed by atoms with Crippen molar-refractivity contribution in [1.82, 2.24) is 14.7 Å². The normalized spacial score (nSPS) is 14.7. The van der Waals surface area contributed by atoms with Gasteiger partial charge in [-0.25, -0.2) is 23.3 Å². The molecule has 2 heterocycles. The minimum atomic E-state index is -3.39. The van der Waals surface area contributed by atoms with Crippen LogP contribution in [0.3, 0.4) is 0 Å². The second kappa shape index (κ2) is 10.3. The Labute approximate surface area is 213 Å². The van der Waals surface area contributed by atoms with E-state index in [9.17, 15) is 9.00 Å². The van der Waals surface area contributed by atoms with Crippen LogP contribution in [0.15, 0.2) is 42.7 Å². The van der Waals surface area contributed by atoms with Crippen LogP contribution < -0.4 is 18.9 Å². The lowest BCUT2D eigenvalue weighted by Gasteiger charge is -2.17. The average molecular weight is 535 g/mol. The number of amides is 1. The first-order valence-electron chi connectivity index (χ1n) is 11.0. The van der Waals surface area contributed by atoms with Gasteiger partial charge in [-0.3, -0.25) is 9.52 Å². The number of rotatable bonds is 9. The molecule has 1 aromatic carbocycles. The molecule has 1 aliphatic carbocycles. The number of ether oxygens (including phenoxy) is 3. The van der Waals surface area contributed by atoms with Crippen molar-refractivity contribution in [3.05, 3.63) is 59.1 Å². The van der Waals surface area contributed by atoms with Crippen LogP contribution in [0.2, 0.25) is 5.02 Å². The van der Waals surface area contributed by atoms with Crippen molar-refractivity contribution in [1.29, 1.82) is 4.78 Å². The fourth-order valence-corrected chi connectivity index (χ4v) is 4.91. The number of methoxy groups -OCH3 is 1. The number of aromatic nitrogens is 2. The van der Waals surface area contributed by atoms with Crippen molar-refractivity contribution < 1.29 is 27.6 Å². The second-order valence-corrected chi connectivity index (χ2v) is 10.8. The predicted octanol–water partition coefficient (Wildman–Crippen LogP) is 5.38. The first-order chi connectivity index (χ1) is 17.1. The summed E-state index contributed by atoms with van der Waals surface area (Å²) in [5, 5.41) is -0.228. The van der Waals surface area contributed by atoms with E-state index >= 15 is 4.39 Å². The van der Waals surface area contributed by atoms with E-state index in [4.69, 9.17) is 30.6 Å². The number of nitrogens with one attached hydrogen (secondary N) is 2. The zero-order valence-electron chi connectivity index (χ0n) is 19.7. The van der Waals surface area contributed by atoms with Crippen LogP contribution in [0, 0.1) is 10.6 Å². The number of hydrogen-bond donors (Lipinski definition) is 2. The summed E-state index contributed by atoms with van der Waals surface area (Å²) in [6.07, 6.45) is 3.90. The van der Waals surface area contributed by atoms with Gasteiger partial charge in [0.2, 0.25) is 11.8 Å². The molecule has 0 radical (unpaired) electrons. The number of hydrogen-bond acceptors (Lipinski definition) is 8. The largest absolute Gasteiger partial charge is 0.481 e. The number of nitrogens with zero attached hydrogens (tertiary/aromatic N) is 2. The number of halogens is 2. The van der Waals surface area contributed by atoms with Crippen LogP contribution >= 0.6 is 11.6 Å². The zero-order chi connectivity index (χ0) is 26.0. The predicted molar refractivity (Wildman–Crippen MR) is 133 cm³/mol. The summed E-state index contributed by atoms with van der Waals surface area (Å²) in [5.41, 5.74) is 0.283. The number of carbonyl (C=O) groups excluding carboxylic acids is 1. The minimum absolute atomic E-state index is 0.0274. The van der Waals surface area contributed by atoms with Gasteiger partial charge >= 0.3 is 0 Å². The van der Waals surface area contributed by atoms with Gasteiger partial charge in [-0.2, -0.15) is 0 Å². The Morgan fingerprint density at radius 1 is 1.22 bits per heavy atom. The molecule has 36 heavy (non-hydrogen) atoms. The summed E-state index contributed by atoms with van der Waals surface area (Å²) >= 11 is 6.26. The van der Waals surface area contributed by atoms with Gasteiger partial charge < -0.3 is 14.2 Å². The first kappa shape index (κ1) is 25.6. The van der Waals surface area contributed by atoms with Gasteiger partial charge in [0.15, 0.2) is 0 Å². The van der Waals surface area contributed by atoms with E-state index in [2.05, 4.69) is 14.7 Å². The molecule has 0 spiro atoms. The molecule has 0 saturated heterocycles.